The smallest absolute Gasteiger partial charge is 0.337 e. The highest BCUT2D eigenvalue weighted by Crippen LogP contribution is 2.23. The van der Waals surface area contributed by atoms with Crippen LogP contribution in [-0.4, -0.2) is 18.0 Å². The third-order valence-electron chi connectivity index (χ3n) is 2.09. The van der Waals surface area contributed by atoms with Crippen LogP contribution in [0.15, 0.2) is 23.8 Å². The summed E-state index contributed by atoms with van der Waals surface area (Å²) in [6.45, 7) is 3.66. The van der Waals surface area contributed by atoms with Gasteiger partial charge in [0.1, 0.15) is 0 Å². The molecule has 0 heterocycles. The number of nitro groups is 1. The second kappa shape index (κ2) is 5.25. The summed E-state index contributed by atoms with van der Waals surface area (Å²) in [6, 6.07) is 4.14. The van der Waals surface area contributed by atoms with Gasteiger partial charge in [-0.2, -0.15) is 0 Å². The largest absolute Gasteiger partial charge is 0.465 e. The monoisotopic (exact) mass is 235 g/mol. The molecule has 1 rings (SSSR count). The van der Waals surface area contributed by atoms with E-state index in [1.165, 1.54) is 25.3 Å². The summed E-state index contributed by atoms with van der Waals surface area (Å²) < 4.78 is 4.57. The number of allylic oxidation sites excluding steroid dienone is 1. The van der Waals surface area contributed by atoms with Gasteiger partial charge in [0.05, 0.1) is 23.2 Å². The van der Waals surface area contributed by atoms with Gasteiger partial charge in [-0.1, -0.05) is 5.57 Å². The Bertz CT molecular complexity index is 487. The van der Waals surface area contributed by atoms with Crippen LogP contribution >= 0.6 is 0 Å². The zero-order chi connectivity index (χ0) is 13.0. The van der Waals surface area contributed by atoms with E-state index in [0.717, 1.165) is 5.57 Å². The molecule has 5 heteroatoms. The molecule has 0 saturated carbocycles. The lowest BCUT2D eigenvalue weighted by Crippen LogP contribution is -2.02. The van der Waals surface area contributed by atoms with Crippen LogP contribution in [0.3, 0.4) is 0 Å². The first-order valence-electron chi connectivity index (χ1n) is 4.97. The molecule has 0 aliphatic carbocycles. The minimum Gasteiger partial charge on any atom is -0.465 e. The first-order chi connectivity index (χ1) is 7.95. The van der Waals surface area contributed by atoms with Crippen LogP contribution in [0.2, 0.25) is 0 Å². The quantitative estimate of drug-likeness (QED) is 0.459. The Morgan fingerprint density at radius 2 is 2.06 bits per heavy atom. The molecular formula is C12H13NO4. The third-order valence-corrected chi connectivity index (χ3v) is 2.09. The van der Waals surface area contributed by atoms with Crippen LogP contribution in [0.5, 0.6) is 0 Å². The van der Waals surface area contributed by atoms with Gasteiger partial charge in [0.2, 0.25) is 0 Å². The fourth-order valence-electron chi connectivity index (χ4n) is 1.39. The maximum atomic E-state index is 11.3. The van der Waals surface area contributed by atoms with Crippen molar-refractivity contribution in [2.75, 3.05) is 7.11 Å². The van der Waals surface area contributed by atoms with Gasteiger partial charge in [0.25, 0.3) is 5.69 Å². The first kappa shape index (κ1) is 12.9. The number of nitro benzene ring substituents is 1. The summed E-state index contributed by atoms with van der Waals surface area (Å²) in [5.41, 5.74) is 1.58. The van der Waals surface area contributed by atoms with Gasteiger partial charge in [0, 0.05) is 6.07 Å². The molecule has 0 atom stereocenters. The Kier molecular flexibility index (Phi) is 3.98. The van der Waals surface area contributed by atoms with Crippen molar-refractivity contribution in [1.82, 2.24) is 0 Å². The van der Waals surface area contributed by atoms with Gasteiger partial charge >= 0.3 is 5.97 Å². The van der Waals surface area contributed by atoms with Gasteiger partial charge in [-0.3, -0.25) is 10.1 Å². The van der Waals surface area contributed by atoms with E-state index in [4.69, 9.17) is 0 Å². The number of nitrogens with zero attached hydrogens (tertiary/aromatic N) is 1. The molecular weight excluding hydrogens is 222 g/mol. The van der Waals surface area contributed by atoms with E-state index < -0.39 is 10.9 Å². The van der Waals surface area contributed by atoms with E-state index in [0.29, 0.717) is 11.1 Å². The van der Waals surface area contributed by atoms with Gasteiger partial charge in [-0.25, -0.2) is 4.79 Å². The number of rotatable bonds is 3. The molecule has 0 saturated heterocycles. The number of benzene rings is 1. The summed E-state index contributed by atoms with van der Waals surface area (Å²) >= 11 is 0. The number of hydrogen-bond acceptors (Lipinski definition) is 4. The number of carbonyl (C=O) groups excluding carboxylic acids is 1. The van der Waals surface area contributed by atoms with E-state index in [9.17, 15) is 14.9 Å². The van der Waals surface area contributed by atoms with Crippen LogP contribution < -0.4 is 0 Å². The van der Waals surface area contributed by atoms with Gasteiger partial charge in [-0.05, 0) is 32.1 Å². The van der Waals surface area contributed by atoms with Crippen molar-refractivity contribution in [1.29, 1.82) is 0 Å². The van der Waals surface area contributed by atoms with Crippen molar-refractivity contribution in [3.63, 3.8) is 0 Å². The molecule has 0 aliphatic heterocycles. The first-order valence-corrected chi connectivity index (χ1v) is 4.97. The minimum atomic E-state index is -0.511. The fraction of sp³-hybridized carbons (Fsp3) is 0.250. The normalized spacial score (nSPS) is 9.59. The Morgan fingerprint density at radius 3 is 2.53 bits per heavy atom. The lowest BCUT2D eigenvalue weighted by atomic mass is 10.1. The number of esters is 1. The van der Waals surface area contributed by atoms with Crippen LogP contribution in [0.4, 0.5) is 5.69 Å². The minimum absolute atomic E-state index is 0.0288. The Labute approximate surface area is 98.9 Å². The Hall–Kier alpha value is -2.17. The molecule has 0 N–H and O–H groups in total. The number of ether oxygens (including phenoxy) is 1. The van der Waals surface area contributed by atoms with E-state index in [1.807, 2.05) is 13.8 Å². The summed E-state index contributed by atoms with van der Waals surface area (Å²) in [5.74, 6) is -0.511. The van der Waals surface area contributed by atoms with Crippen molar-refractivity contribution in [2.24, 2.45) is 0 Å². The molecule has 1 aromatic rings. The van der Waals surface area contributed by atoms with E-state index in [-0.39, 0.29) is 5.69 Å². The zero-order valence-electron chi connectivity index (χ0n) is 9.89. The Balaban J connectivity index is 3.34. The van der Waals surface area contributed by atoms with E-state index in [1.54, 1.807) is 6.08 Å². The highest BCUT2D eigenvalue weighted by Gasteiger charge is 2.15. The van der Waals surface area contributed by atoms with Crippen molar-refractivity contribution < 1.29 is 14.5 Å². The van der Waals surface area contributed by atoms with Crippen LogP contribution in [-0.2, 0) is 4.74 Å². The number of methoxy groups -OCH3 is 1. The lowest BCUT2D eigenvalue weighted by molar-refractivity contribution is -0.385. The SMILES string of the molecule is COC(=O)c1ccc([N+](=O)[O-])c(C=C(C)C)c1. The molecule has 0 bridgehead atoms. The number of hydrogen-bond donors (Lipinski definition) is 0. The summed E-state index contributed by atoms with van der Waals surface area (Å²) in [5, 5.41) is 10.8. The van der Waals surface area contributed by atoms with Crippen molar-refractivity contribution in [3.05, 3.63) is 45.0 Å². The Morgan fingerprint density at radius 1 is 1.41 bits per heavy atom. The van der Waals surface area contributed by atoms with Crippen molar-refractivity contribution in [2.45, 2.75) is 13.8 Å². The molecule has 0 radical (unpaired) electrons. The lowest BCUT2D eigenvalue weighted by Gasteiger charge is -2.02. The van der Waals surface area contributed by atoms with Crippen LogP contribution in [0, 0.1) is 10.1 Å². The molecule has 1 aromatic carbocycles. The highest BCUT2D eigenvalue weighted by molar-refractivity contribution is 5.90. The maximum Gasteiger partial charge on any atom is 0.337 e. The van der Waals surface area contributed by atoms with Gasteiger partial charge in [-0.15, -0.1) is 0 Å². The molecule has 0 fully saturated rings. The predicted molar refractivity (Wildman–Crippen MR) is 63.8 cm³/mol. The average molecular weight is 235 g/mol. The van der Waals surface area contributed by atoms with Crippen molar-refractivity contribution in [3.8, 4) is 0 Å². The van der Waals surface area contributed by atoms with Gasteiger partial charge in [0.15, 0.2) is 0 Å². The van der Waals surface area contributed by atoms with Crippen LogP contribution in [0.1, 0.15) is 29.8 Å². The standard InChI is InChI=1S/C12H13NO4/c1-8(2)6-10-7-9(12(14)17-3)4-5-11(10)13(15)16/h4-7H,1-3H3. The van der Waals surface area contributed by atoms with Crippen LogP contribution in [0.25, 0.3) is 6.08 Å². The second-order valence-corrected chi connectivity index (χ2v) is 3.74. The molecule has 0 aliphatic rings. The molecule has 5 nitrogen and oxygen atoms in total. The molecule has 0 unspecified atom stereocenters. The molecule has 17 heavy (non-hydrogen) atoms. The number of carbonyl (C=O) groups is 1. The average Bonchev–Trinajstić information content (AvgIpc) is 2.26. The maximum absolute atomic E-state index is 11.3. The molecule has 0 spiro atoms. The summed E-state index contributed by atoms with van der Waals surface area (Å²) in [7, 11) is 1.27. The van der Waals surface area contributed by atoms with E-state index >= 15 is 0 Å². The topological polar surface area (TPSA) is 69.4 Å². The highest BCUT2D eigenvalue weighted by atomic mass is 16.6. The zero-order valence-corrected chi connectivity index (χ0v) is 9.89. The summed E-state index contributed by atoms with van der Waals surface area (Å²) in [4.78, 5) is 21.7. The second-order valence-electron chi connectivity index (χ2n) is 3.74. The predicted octanol–water partition coefficient (Wildman–Crippen LogP) is 2.80. The fourth-order valence-corrected chi connectivity index (χ4v) is 1.39. The summed E-state index contributed by atoms with van der Waals surface area (Å²) in [6.07, 6.45) is 1.66. The molecule has 0 aromatic heterocycles. The van der Waals surface area contributed by atoms with Crippen molar-refractivity contribution >= 4 is 17.7 Å². The molecule has 90 valence electrons. The van der Waals surface area contributed by atoms with E-state index in [2.05, 4.69) is 4.74 Å². The van der Waals surface area contributed by atoms with Gasteiger partial charge < -0.3 is 4.74 Å². The third kappa shape index (κ3) is 3.14. The molecule has 0 amide bonds.